The summed E-state index contributed by atoms with van der Waals surface area (Å²) in [5.74, 6) is 1.07. The monoisotopic (exact) mass is 291 g/mol. The molecular formula is C14H11ClFN3O. The highest BCUT2D eigenvalue weighted by atomic mass is 35.5. The second-order valence-electron chi connectivity index (χ2n) is 4.17. The number of alkyl halides is 1. The van der Waals surface area contributed by atoms with Gasteiger partial charge in [-0.1, -0.05) is 0 Å². The first-order valence-electron chi connectivity index (χ1n) is 5.97. The van der Waals surface area contributed by atoms with Crippen LogP contribution in [-0.4, -0.2) is 21.6 Å². The average molecular weight is 292 g/mol. The van der Waals surface area contributed by atoms with Crippen molar-refractivity contribution in [3.05, 3.63) is 48.0 Å². The van der Waals surface area contributed by atoms with Crippen LogP contribution in [0.4, 0.5) is 4.39 Å². The second-order valence-corrected chi connectivity index (χ2v) is 4.44. The first kappa shape index (κ1) is 12.9. The van der Waals surface area contributed by atoms with Crippen molar-refractivity contribution in [1.82, 2.24) is 14.5 Å². The van der Waals surface area contributed by atoms with Crippen molar-refractivity contribution in [2.45, 2.75) is 5.88 Å². The highest BCUT2D eigenvalue weighted by Gasteiger charge is 2.13. The van der Waals surface area contributed by atoms with Gasteiger partial charge in [-0.2, -0.15) is 4.98 Å². The lowest BCUT2D eigenvalue weighted by Crippen LogP contribution is -2.00. The van der Waals surface area contributed by atoms with Crippen LogP contribution in [0, 0.1) is 5.82 Å². The molecule has 0 atom stereocenters. The Morgan fingerprint density at radius 2 is 1.90 bits per heavy atom. The van der Waals surface area contributed by atoms with Gasteiger partial charge in [0.1, 0.15) is 17.2 Å². The normalized spacial score (nSPS) is 10.9. The van der Waals surface area contributed by atoms with E-state index in [1.807, 2.05) is 6.07 Å². The first-order chi connectivity index (χ1) is 9.72. The van der Waals surface area contributed by atoms with Crippen molar-refractivity contribution < 1.29 is 9.13 Å². The van der Waals surface area contributed by atoms with E-state index < -0.39 is 0 Å². The largest absolute Gasteiger partial charge is 0.481 e. The molecule has 0 amide bonds. The molecule has 0 aliphatic rings. The fraction of sp³-hybridized carbons (Fsp3) is 0.143. The molecule has 0 aliphatic carbocycles. The molecule has 0 N–H and O–H groups in total. The van der Waals surface area contributed by atoms with Crippen molar-refractivity contribution in [2.24, 2.45) is 0 Å². The van der Waals surface area contributed by atoms with Crippen molar-refractivity contribution in [3.8, 4) is 11.6 Å². The number of fused-ring (bicyclic) bond motifs is 1. The summed E-state index contributed by atoms with van der Waals surface area (Å²) in [4.78, 5) is 8.81. The quantitative estimate of drug-likeness (QED) is 0.695. The fourth-order valence-corrected chi connectivity index (χ4v) is 2.23. The van der Waals surface area contributed by atoms with Gasteiger partial charge in [0.15, 0.2) is 5.65 Å². The van der Waals surface area contributed by atoms with Gasteiger partial charge >= 0.3 is 0 Å². The standard InChI is InChI=1S/C14H11ClFN3O/c1-20-13-7-6-11-14(18-13)19(12(8-15)17-11)10-4-2-9(16)3-5-10/h2-7H,8H2,1H3. The predicted molar refractivity (Wildman–Crippen MR) is 74.9 cm³/mol. The molecule has 2 heterocycles. The summed E-state index contributed by atoms with van der Waals surface area (Å²) in [6.45, 7) is 0. The van der Waals surface area contributed by atoms with Crippen LogP contribution in [0.15, 0.2) is 36.4 Å². The van der Waals surface area contributed by atoms with Gasteiger partial charge in [-0.15, -0.1) is 11.6 Å². The summed E-state index contributed by atoms with van der Waals surface area (Å²) >= 11 is 5.94. The summed E-state index contributed by atoms with van der Waals surface area (Å²) in [5, 5.41) is 0. The van der Waals surface area contributed by atoms with Crippen LogP contribution in [0.1, 0.15) is 5.82 Å². The van der Waals surface area contributed by atoms with Crippen molar-refractivity contribution in [2.75, 3.05) is 7.11 Å². The molecule has 0 aliphatic heterocycles. The van der Waals surface area contributed by atoms with E-state index >= 15 is 0 Å². The second kappa shape index (κ2) is 5.09. The summed E-state index contributed by atoms with van der Waals surface area (Å²) in [6, 6.07) is 9.65. The minimum Gasteiger partial charge on any atom is -0.481 e. The minimum absolute atomic E-state index is 0.232. The van der Waals surface area contributed by atoms with Crippen molar-refractivity contribution >= 4 is 22.8 Å². The Balaban J connectivity index is 2.28. The molecule has 0 unspecified atom stereocenters. The van der Waals surface area contributed by atoms with Crippen LogP contribution in [-0.2, 0) is 5.88 Å². The Morgan fingerprint density at radius 1 is 1.15 bits per heavy atom. The topological polar surface area (TPSA) is 39.9 Å². The molecule has 3 aromatic rings. The predicted octanol–water partition coefficient (Wildman–Crippen LogP) is 3.31. The highest BCUT2D eigenvalue weighted by Crippen LogP contribution is 2.23. The number of benzene rings is 1. The molecule has 0 radical (unpaired) electrons. The van der Waals surface area contributed by atoms with E-state index in [2.05, 4.69) is 9.97 Å². The summed E-state index contributed by atoms with van der Waals surface area (Å²) in [7, 11) is 1.55. The third-order valence-electron chi connectivity index (χ3n) is 2.96. The molecule has 2 aromatic heterocycles. The maximum Gasteiger partial charge on any atom is 0.215 e. The Kier molecular flexibility index (Phi) is 3.28. The smallest absolute Gasteiger partial charge is 0.215 e. The summed E-state index contributed by atoms with van der Waals surface area (Å²) < 4.78 is 20.0. The lowest BCUT2D eigenvalue weighted by atomic mass is 10.3. The van der Waals surface area contributed by atoms with Crippen molar-refractivity contribution in [3.63, 3.8) is 0 Å². The van der Waals surface area contributed by atoms with Gasteiger partial charge in [-0.25, -0.2) is 9.37 Å². The molecule has 0 saturated heterocycles. The summed E-state index contributed by atoms with van der Waals surface area (Å²) in [5.41, 5.74) is 2.10. The molecule has 4 nitrogen and oxygen atoms in total. The zero-order valence-corrected chi connectivity index (χ0v) is 11.4. The number of imidazole rings is 1. The van der Waals surface area contributed by atoms with E-state index in [1.165, 1.54) is 12.1 Å². The number of methoxy groups -OCH3 is 1. The molecule has 0 bridgehead atoms. The number of halogens is 2. The van der Waals surface area contributed by atoms with E-state index in [0.717, 1.165) is 5.69 Å². The molecular weight excluding hydrogens is 281 g/mol. The van der Waals surface area contributed by atoms with E-state index in [-0.39, 0.29) is 11.7 Å². The van der Waals surface area contributed by atoms with Crippen LogP contribution in [0.2, 0.25) is 0 Å². The maximum atomic E-state index is 13.1. The van der Waals surface area contributed by atoms with Gasteiger partial charge in [0, 0.05) is 11.8 Å². The van der Waals surface area contributed by atoms with Gasteiger partial charge in [0.2, 0.25) is 5.88 Å². The molecule has 0 saturated carbocycles. The minimum atomic E-state index is -0.295. The number of aromatic nitrogens is 3. The van der Waals surface area contributed by atoms with Gasteiger partial charge in [0.25, 0.3) is 0 Å². The van der Waals surface area contributed by atoms with Crippen LogP contribution in [0.5, 0.6) is 5.88 Å². The molecule has 0 fully saturated rings. The van der Waals surface area contributed by atoms with Crippen LogP contribution in [0.3, 0.4) is 0 Å². The third kappa shape index (κ3) is 2.10. The van der Waals surface area contributed by atoms with E-state index in [4.69, 9.17) is 16.3 Å². The molecule has 3 rings (SSSR count). The number of ether oxygens (including phenoxy) is 1. The Morgan fingerprint density at radius 3 is 2.55 bits per heavy atom. The summed E-state index contributed by atoms with van der Waals surface area (Å²) in [6.07, 6.45) is 0. The Labute approximate surface area is 119 Å². The molecule has 0 spiro atoms. The molecule has 102 valence electrons. The van der Waals surface area contributed by atoms with Gasteiger partial charge in [0.05, 0.1) is 13.0 Å². The highest BCUT2D eigenvalue weighted by molar-refractivity contribution is 6.16. The van der Waals surface area contributed by atoms with E-state index in [0.29, 0.717) is 22.9 Å². The third-order valence-corrected chi connectivity index (χ3v) is 3.20. The van der Waals surface area contributed by atoms with E-state index in [9.17, 15) is 4.39 Å². The molecule has 20 heavy (non-hydrogen) atoms. The zero-order valence-electron chi connectivity index (χ0n) is 10.7. The first-order valence-corrected chi connectivity index (χ1v) is 6.50. The lowest BCUT2D eigenvalue weighted by molar-refractivity contribution is 0.399. The van der Waals surface area contributed by atoms with E-state index in [1.54, 1.807) is 29.9 Å². The van der Waals surface area contributed by atoms with Crippen LogP contribution < -0.4 is 4.74 Å². The number of pyridine rings is 1. The maximum absolute atomic E-state index is 13.1. The Bertz CT molecular complexity index is 755. The number of nitrogens with zero attached hydrogens (tertiary/aromatic N) is 3. The number of rotatable bonds is 3. The zero-order chi connectivity index (χ0) is 14.1. The number of hydrogen-bond acceptors (Lipinski definition) is 3. The van der Waals surface area contributed by atoms with Crippen molar-refractivity contribution in [1.29, 1.82) is 0 Å². The van der Waals surface area contributed by atoms with Crippen LogP contribution >= 0.6 is 11.6 Å². The SMILES string of the molecule is COc1ccc2nc(CCl)n(-c3ccc(F)cc3)c2n1. The number of hydrogen-bond donors (Lipinski definition) is 0. The average Bonchev–Trinajstić information content (AvgIpc) is 2.85. The van der Waals surface area contributed by atoms with Gasteiger partial charge in [-0.3, -0.25) is 4.57 Å². The van der Waals surface area contributed by atoms with Gasteiger partial charge < -0.3 is 4.74 Å². The lowest BCUT2D eigenvalue weighted by Gasteiger charge is -2.07. The fourth-order valence-electron chi connectivity index (χ4n) is 2.05. The Hall–Kier alpha value is -2.14. The molecule has 6 heteroatoms. The molecule has 1 aromatic carbocycles. The van der Waals surface area contributed by atoms with Gasteiger partial charge in [-0.05, 0) is 30.3 Å². The van der Waals surface area contributed by atoms with Crippen LogP contribution in [0.25, 0.3) is 16.9 Å².